The highest BCUT2D eigenvalue weighted by molar-refractivity contribution is 14.1. The van der Waals surface area contributed by atoms with Crippen LogP contribution in [0.5, 0.6) is 0 Å². The molecule has 0 spiro atoms. The number of nitrogens with one attached hydrogen (secondary N) is 5. The second kappa shape index (κ2) is 34.9. The van der Waals surface area contributed by atoms with Crippen LogP contribution >= 0.6 is 69.0 Å². The van der Waals surface area contributed by atoms with Crippen molar-refractivity contribution in [1.82, 2.24) is 26.6 Å². The number of hydrogen-bond acceptors (Lipinski definition) is 9. The van der Waals surface area contributed by atoms with Gasteiger partial charge in [0.1, 0.15) is 75.2 Å². The zero-order chi connectivity index (χ0) is 34.1. The van der Waals surface area contributed by atoms with E-state index in [1.807, 2.05) is 75.1 Å². The Morgan fingerprint density at radius 1 is 0.696 bits per heavy atom. The van der Waals surface area contributed by atoms with E-state index in [2.05, 4.69) is 26.6 Å². The Morgan fingerprint density at radius 3 is 1.76 bits per heavy atom. The molecule has 6 N–H and O–H groups in total. The molecule has 15 heteroatoms. The molecule has 270 valence electrons. The van der Waals surface area contributed by atoms with Crippen LogP contribution in [0.25, 0.3) is 0 Å². The first-order valence-electron chi connectivity index (χ1n) is 16.7. The van der Waals surface area contributed by atoms with Gasteiger partial charge in [-0.05, 0) is 65.0 Å². The van der Waals surface area contributed by atoms with Gasteiger partial charge < -0.3 is 35.6 Å². The lowest BCUT2D eigenvalue weighted by atomic mass is 10.1. The molecule has 3 amide bonds. The van der Waals surface area contributed by atoms with E-state index in [0.717, 1.165) is 96.9 Å². The fraction of sp³-hybridized carbons (Fsp3) is 0.839. The summed E-state index contributed by atoms with van der Waals surface area (Å²) in [6.45, 7) is 4.08. The van der Waals surface area contributed by atoms with E-state index in [1.165, 1.54) is 0 Å². The molecule has 12 nitrogen and oxygen atoms in total. The molecule has 0 radical (unpaired) electrons. The van der Waals surface area contributed by atoms with Crippen LogP contribution in [0.1, 0.15) is 103 Å². The lowest BCUT2D eigenvalue weighted by Crippen LogP contribution is -2.49. The van der Waals surface area contributed by atoms with E-state index in [1.54, 1.807) is 13.1 Å². The van der Waals surface area contributed by atoms with Crippen LogP contribution in [-0.2, 0) is 23.6 Å². The van der Waals surface area contributed by atoms with Gasteiger partial charge in [-0.25, -0.2) is 0 Å². The molecule has 0 aliphatic heterocycles. The van der Waals surface area contributed by atoms with E-state index < -0.39 is 18.3 Å². The van der Waals surface area contributed by atoms with Gasteiger partial charge in [0.2, 0.25) is 17.7 Å². The maximum absolute atomic E-state index is 12.9. The van der Waals surface area contributed by atoms with Crippen LogP contribution in [0.15, 0.2) is 12.2 Å². The number of likely N-dealkylation sites (N-methyl/N-ethyl adjacent to an activating group) is 1. The minimum Gasteiger partial charge on any atom is -0.376 e. The number of aliphatic hydroxyl groups excluding tert-OH is 1. The van der Waals surface area contributed by atoms with E-state index in [-0.39, 0.29) is 24.1 Å². The number of rotatable bonds is 33. The summed E-state index contributed by atoms with van der Waals surface area (Å²) in [5, 5.41) is 25.8. The summed E-state index contributed by atoms with van der Waals surface area (Å²) in [5.74, 6) is -0.407. The van der Waals surface area contributed by atoms with Gasteiger partial charge in [-0.1, -0.05) is 50.7 Å². The van der Waals surface area contributed by atoms with E-state index in [4.69, 9.17) is 9.20 Å². The van der Waals surface area contributed by atoms with E-state index in [0.29, 0.717) is 38.9 Å². The summed E-state index contributed by atoms with van der Waals surface area (Å²) in [4.78, 5) is 37.7. The van der Waals surface area contributed by atoms with Crippen molar-refractivity contribution in [2.45, 2.75) is 121 Å². The molecule has 46 heavy (non-hydrogen) atoms. The first kappa shape index (κ1) is 46.1. The van der Waals surface area contributed by atoms with Crippen molar-refractivity contribution in [3.63, 3.8) is 0 Å². The molecule has 0 aliphatic carbocycles. The maximum Gasteiger partial charge on any atom is 0.237 e. The monoisotopic (exact) mass is 993 g/mol. The zero-order valence-corrected chi connectivity index (χ0v) is 33.9. The minimum atomic E-state index is -0.990. The van der Waals surface area contributed by atoms with Gasteiger partial charge in [0.15, 0.2) is 0 Å². The number of aliphatic hydroxyl groups is 1. The SMILES string of the molecule is CNC(CCC(=O)NC(C=CCCC(=O)NCCCCCCOI)C(O)NCCCCCCOI)C(=O)NCCCCCCOI. The Labute approximate surface area is 319 Å². The van der Waals surface area contributed by atoms with Crippen molar-refractivity contribution in [3.05, 3.63) is 12.2 Å². The molecule has 3 atom stereocenters. The normalized spacial score (nSPS) is 13.4. The van der Waals surface area contributed by atoms with Crippen molar-refractivity contribution in [1.29, 1.82) is 0 Å². The van der Waals surface area contributed by atoms with Crippen molar-refractivity contribution in [2.24, 2.45) is 0 Å². The molecule has 0 aliphatic rings. The molecule has 0 aromatic carbocycles. The first-order valence-corrected chi connectivity index (χ1v) is 19.3. The van der Waals surface area contributed by atoms with Crippen LogP contribution in [0.4, 0.5) is 0 Å². The van der Waals surface area contributed by atoms with Crippen LogP contribution < -0.4 is 26.6 Å². The van der Waals surface area contributed by atoms with E-state index in [9.17, 15) is 19.5 Å². The number of unbranched alkanes of at least 4 members (excludes halogenated alkanes) is 9. The molecule has 0 aromatic heterocycles. The number of carbonyl (C=O) groups excluding carboxylic acids is 3. The first-order chi connectivity index (χ1) is 22.4. The maximum atomic E-state index is 12.9. The van der Waals surface area contributed by atoms with Crippen molar-refractivity contribution in [3.8, 4) is 0 Å². The summed E-state index contributed by atoms with van der Waals surface area (Å²) in [5.41, 5.74) is 0. The van der Waals surface area contributed by atoms with Gasteiger partial charge in [-0.3, -0.25) is 19.7 Å². The summed E-state index contributed by atoms with van der Waals surface area (Å²) in [7, 11) is 1.71. The van der Waals surface area contributed by atoms with Gasteiger partial charge in [0, 0.05) is 25.9 Å². The highest BCUT2D eigenvalue weighted by atomic mass is 127. The summed E-state index contributed by atoms with van der Waals surface area (Å²) < 4.78 is 15.1. The number of hydrogen-bond donors (Lipinski definition) is 6. The second-order valence-corrected chi connectivity index (χ2v) is 13.0. The lowest BCUT2D eigenvalue weighted by molar-refractivity contribution is -0.124. The molecule has 0 saturated carbocycles. The number of amides is 3. The zero-order valence-electron chi connectivity index (χ0n) is 27.5. The summed E-state index contributed by atoms with van der Waals surface area (Å²) >= 11 is 5.69. The highest BCUT2D eigenvalue weighted by Gasteiger charge is 2.21. The third-order valence-electron chi connectivity index (χ3n) is 7.29. The number of halogens is 3. The number of allylic oxidation sites excluding steroid dienone is 1. The smallest absolute Gasteiger partial charge is 0.237 e. The van der Waals surface area contributed by atoms with Crippen LogP contribution in [0.3, 0.4) is 0 Å². The fourth-order valence-corrected chi connectivity index (χ4v) is 5.50. The average Bonchev–Trinajstić information content (AvgIpc) is 3.05. The number of carbonyl (C=O) groups is 3. The predicted octanol–water partition coefficient (Wildman–Crippen LogP) is 5.10. The summed E-state index contributed by atoms with van der Waals surface area (Å²) in [6, 6.07) is -1.16. The average molecular weight is 994 g/mol. The third-order valence-corrected chi connectivity index (χ3v) is 8.62. The van der Waals surface area contributed by atoms with Crippen molar-refractivity contribution in [2.75, 3.05) is 46.5 Å². The van der Waals surface area contributed by atoms with Crippen LogP contribution in [0.2, 0.25) is 0 Å². The van der Waals surface area contributed by atoms with Crippen molar-refractivity contribution >= 4 is 86.7 Å². The van der Waals surface area contributed by atoms with E-state index >= 15 is 0 Å². The second-order valence-electron chi connectivity index (χ2n) is 11.2. The fourth-order valence-electron chi connectivity index (χ4n) is 4.56. The Bertz CT molecular complexity index is 787. The van der Waals surface area contributed by atoms with Gasteiger partial charge >= 0.3 is 0 Å². The molecule has 0 rings (SSSR count). The molecular formula is C31H58I3N5O7. The molecule has 0 aromatic rings. The molecule has 0 bridgehead atoms. The van der Waals surface area contributed by atoms with Crippen LogP contribution in [-0.4, -0.2) is 87.6 Å². The Hall–Kier alpha value is 0.1000. The standard InChI is InChI=1S/C31H58I3N5O7/c1-35-26(30(42)37-21-11-3-6-14-24-45-33)18-19-29(41)39-27(31(43)38-22-12-4-7-15-25-46-34)16-8-9-17-28(40)36-20-10-2-5-13-23-44-32/h8,16,26-27,31,35,38,43H,2-7,9-15,17-25H2,1H3,(H,36,40)(H,37,42)(H,39,41). The topological polar surface area (TPSA) is 159 Å². The van der Waals surface area contributed by atoms with Gasteiger partial charge in [-0.15, -0.1) is 0 Å². The summed E-state index contributed by atoms with van der Waals surface area (Å²) in [6.07, 6.45) is 15.9. The van der Waals surface area contributed by atoms with Crippen molar-refractivity contribution < 1.29 is 28.7 Å². The van der Waals surface area contributed by atoms with Gasteiger partial charge in [0.25, 0.3) is 0 Å². The Kier molecular flexibility index (Phi) is 35.0. The highest BCUT2D eigenvalue weighted by Crippen LogP contribution is 2.06. The molecule has 0 fully saturated rings. The van der Waals surface area contributed by atoms with Gasteiger partial charge in [-0.2, -0.15) is 0 Å². The quantitative estimate of drug-likeness (QED) is 0.0228. The lowest BCUT2D eigenvalue weighted by Gasteiger charge is -2.23. The third kappa shape index (κ3) is 29.1. The largest absolute Gasteiger partial charge is 0.376 e. The molecule has 0 saturated heterocycles. The molecule has 3 unspecified atom stereocenters. The van der Waals surface area contributed by atoms with Gasteiger partial charge in [0.05, 0.1) is 31.9 Å². The molecular weight excluding hydrogens is 935 g/mol. The minimum absolute atomic E-state index is 0.0188. The predicted molar refractivity (Wildman–Crippen MR) is 208 cm³/mol. The Balaban J connectivity index is 4.74. The molecule has 0 heterocycles. The Morgan fingerprint density at radius 2 is 1.22 bits per heavy atom. The van der Waals surface area contributed by atoms with Crippen LogP contribution in [0, 0.1) is 0 Å².